The summed E-state index contributed by atoms with van der Waals surface area (Å²) in [6.07, 6.45) is 1.98. The van der Waals surface area contributed by atoms with Crippen molar-refractivity contribution >= 4 is 5.69 Å². The predicted molar refractivity (Wildman–Crippen MR) is 90.5 cm³/mol. The van der Waals surface area contributed by atoms with Crippen molar-refractivity contribution in [3.63, 3.8) is 0 Å². The number of morpholine rings is 1. The minimum atomic E-state index is 0.715. The molecule has 1 fully saturated rings. The smallest absolute Gasteiger partial charge is 0.142 e. The number of hydrogen-bond acceptors (Lipinski definition) is 5. The Morgan fingerprint density at radius 3 is 2.82 bits per heavy atom. The SMILES string of the molecule is CCCOc1ccc(CCNCCN2CCOCC2)cc1N. The highest BCUT2D eigenvalue weighted by molar-refractivity contribution is 5.54. The summed E-state index contributed by atoms with van der Waals surface area (Å²) >= 11 is 0. The van der Waals surface area contributed by atoms with Gasteiger partial charge in [0.15, 0.2) is 0 Å². The van der Waals surface area contributed by atoms with Crippen LogP contribution in [0.4, 0.5) is 5.69 Å². The molecule has 1 aromatic carbocycles. The minimum absolute atomic E-state index is 0.715. The van der Waals surface area contributed by atoms with Gasteiger partial charge in [0.2, 0.25) is 0 Å². The zero-order valence-corrected chi connectivity index (χ0v) is 13.6. The number of benzene rings is 1. The van der Waals surface area contributed by atoms with Gasteiger partial charge in [-0.3, -0.25) is 4.90 Å². The Labute approximate surface area is 133 Å². The number of ether oxygens (including phenoxy) is 2. The van der Waals surface area contributed by atoms with E-state index in [2.05, 4.69) is 23.2 Å². The summed E-state index contributed by atoms with van der Waals surface area (Å²) in [7, 11) is 0. The predicted octanol–water partition coefficient (Wildman–Crippen LogP) is 1.52. The summed E-state index contributed by atoms with van der Waals surface area (Å²) in [6.45, 7) is 9.73. The number of rotatable bonds is 9. The van der Waals surface area contributed by atoms with Crippen LogP contribution in [0.1, 0.15) is 18.9 Å². The fourth-order valence-corrected chi connectivity index (χ4v) is 2.52. The van der Waals surface area contributed by atoms with Gasteiger partial charge in [-0.05, 0) is 37.1 Å². The fraction of sp³-hybridized carbons (Fsp3) is 0.647. The third kappa shape index (κ3) is 5.83. The molecule has 1 aromatic rings. The van der Waals surface area contributed by atoms with Crippen molar-refractivity contribution in [2.75, 3.05) is 58.3 Å². The second-order valence-electron chi connectivity index (χ2n) is 5.67. The standard InChI is InChI=1S/C17H29N3O2/c1-2-11-22-17-4-3-15(14-16(17)18)5-6-19-7-8-20-9-12-21-13-10-20/h3-4,14,19H,2,5-13,18H2,1H3. The summed E-state index contributed by atoms with van der Waals surface area (Å²) in [6, 6.07) is 6.10. The molecule has 3 N–H and O–H groups in total. The number of nitrogen functional groups attached to an aromatic ring is 1. The van der Waals surface area contributed by atoms with Crippen molar-refractivity contribution in [3.8, 4) is 5.75 Å². The average Bonchev–Trinajstić information content (AvgIpc) is 2.55. The number of nitrogens with zero attached hydrogens (tertiary/aromatic N) is 1. The number of nitrogens with two attached hydrogens (primary N) is 1. The summed E-state index contributed by atoms with van der Waals surface area (Å²) in [5.74, 6) is 0.797. The number of anilines is 1. The molecule has 1 aliphatic rings. The Hall–Kier alpha value is -1.30. The van der Waals surface area contributed by atoms with E-state index in [-0.39, 0.29) is 0 Å². The Morgan fingerprint density at radius 2 is 2.09 bits per heavy atom. The summed E-state index contributed by atoms with van der Waals surface area (Å²) in [5.41, 5.74) is 8.01. The molecule has 5 nitrogen and oxygen atoms in total. The van der Waals surface area contributed by atoms with Crippen LogP contribution in [-0.2, 0) is 11.2 Å². The van der Waals surface area contributed by atoms with Gasteiger partial charge in [-0.1, -0.05) is 13.0 Å². The lowest BCUT2D eigenvalue weighted by Crippen LogP contribution is -2.40. The first-order valence-corrected chi connectivity index (χ1v) is 8.31. The summed E-state index contributed by atoms with van der Waals surface area (Å²) < 4.78 is 10.9. The Morgan fingerprint density at radius 1 is 1.27 bits per heavy atom. The quantitative estimate of drug-likeness (QED) is 0.535. The van der Waals surface area contributed by atoms with Gasteiger partial charge in [-0.2, -0.15) is 0 Å². The molecule has 124 valence electrons. The van der Waals surface area contributed by atoms with Gasteiger partial charge in [0.25, 0.3) is 0 Å². The monoisotopic (exact) mass is 307 g/mol. The molecule has 0 radical (unpaired) electrons. The maximum atomic E-state index is 6.03. The molecule has 1 heterocycles. The van der Waals surface area contributed by atoms with Crippen molar-refractivity contribution < 1.29 is 9.47 Å². The van der Waals surface area contributed by atoms with Crippen LogP contribution in [0.2, 0.25) is 0 Å². The maximum absolute atomic E-state index is 6.03. The van der Waals surface area contributed by atoms with E-state index in [0.717, 1.165) is 70.2 Å². The lowest BCUT2D eigenvalue weighted by molar-refractivity contribution is 0.0385. The first kappa shape index (κ1) is 17.1. The molecule has 0 unspecified atom stereocenters. The maximum Gasteiger partial charge on any atom is 0.142 e. The lowest BCUT2D eigenvalue weighted by atomic mass is 10.1. The van der Waals surface area contributed by atoms with Gasteiger partial charge in [-0.25, -0.2) is 0 Å². The van der Waals surface area contributed by atoms with E-state index in [1.807, 2.05) is 12.1 Å². The largest absolute Gasteiger partial charge is 0.491 e. The van der Waals surface area contributed by atoms with Crippen LogP contribution < -0.4 is 15.8 Å². The summed E-state index contributed by atoms with van der Waals surface area (Å²) in [5, 5.41) is 3.49. The molecule has 0 spiro atoms. The van der Waals surface area contributed by atoms with Crippen LogP contribution in [0, 0.1) is 0 Å². The molecule has 0 amide bonds. The highest BCUT2D eigenvalue weighted by atomic mass is 16.5. The van der Waals surface area contributed by atoms with Crippen molar-refractivity contribution in [2.45, 2.75) is 19.8 Å². The van der Waals surface area contributed by atoms with Crippen LogP contribution in [-0.4, -0.2) is 57.4 Å². The van der Waals surface area contributed by atoms with E-state index in [1.165, 1.54) is 5.56 Å². The molecular weight excluding hydrogens is 278 g/mol. The van der Waals surface area contributed by atoms with Gasteiger partial charge in [0.1, 0.15) is 5.75 Å². The molecule has 0 aromatic heterocycles. The zero-order chi connectivity index (χ0) is 15.6. The summed E-state index contributed by atoms with van der Waals surface area (Å²) in [4.78, 5) is 2.44. The van der Waals surface area contributed by atoms with Crippen LogP contribution >= 0.6 is 0 Å². The molecule has 0 saturated carbocycles. The van der Waals surface area contributed by atoms with Crippen molar-refractivity contribution in [2.24, 2.45) is 0 Å². The Bertz CT molecular complexity index is 434. The average molecular weight is 307 g/mol. The molecule has 2 rings (SSSR count). The van der Waals surface area contributed by atoms with E-state index in [4.69, 9.17) is 15.2 Å². The van der Waals surface area contributed by atoms with E-state index in [0.29, 0.717) is 6.61 Å². The van der Waals surface area contributed by atoms with E-state index in [1.54, 1.807) is 0 Å². The molecule has 1 aliphatic heterocycles. The molecule has 0 bridgehead atoms. The lowest BCUT2D eigenvalue weighted by Gasteiger charge is -2.26. The third-order valence-electron chi connectivity index (χ3n) is 3.83. The Kier molecular flexibility index (Phi) is 7.49. The van der Waals surface area contributed by atoms with E-state index in [9.17, 15) is 0 Å². The van der Waals surface area contributed by atoms with Crippen LogP contribution in [0.5, 0.6) is 5.75 Å². The second kappa shape index (κ2) is 9.66. The van der Waals surface area contributed by atoms with Crippen LogP contribution in [0.25, 0.3) is 0 Å². The minimum Gasteiger partial charge on any atom is -0.491 e. The first-order chi connectivity index (χ1) is 10.8. The van der Waals surface area contributed by atoms with Gasteiger partial charge in [0.05, 0.1) is 25.5 Å². The van der Waals surface area contributed by atoms with E-state index < -0.39 is 0 Å². The van der Waals surface area contributed by atoms with Crippen LogP contribution in [0.3, 0.4) is 0 Å². The Balaban J connectivity index is 1.63. The van der Waals surface area contributed by atoms with Crippen LogP contribution in [0.15, 0.2) is 18.2 Å². The topological polar surface area (TPSA) is 59.8 Å². The zero-order valence-electron chi connectivity index (χ0n) is 13.6. The van der Waals surface area contributed by atoms with E-state index >= 15 is 0 Å². The molecule has 0 atom stereocenters. The van der Waals surface area contributed by atoms with Gasteiger partial charge < -0.3 is 20.5 Å². The second-order valence-corrected chi connectivity index (χ2v) is 5.67. The first-order valence-electron chi connectivity index (χ1n) is 8.31. The van der Waals surface area contributed by atoms with Crippen molar-refractivity contribution in [3.05, 3.63) is 23.8 Å². The van der Waals surface area contributed by atoms with Crippen molar-refractivity contribution in [1.82, 2.24) is 10.2 Å². The molecular formula is C17H29N3O2. The molecule has 1 saturated heterocycles. The normalized spacial score (nSPS) is 15.9. The van der Waals surface area contributed by atoms with Gasteiger partial charge in [-0.15, -0.1) is 0 Å². The number of hydrogen-bond donors (Lipinski definition) is 2. The highest BCUT2D eigenvalue weighted by Crippen LogP contribution is 2.22. The van der Waals surface area contributed by atoms with Gasteiger partial charge >= 0.3 is 0 Å². The molecule has 22 heavy (non-hydrogen) atoms. The molecule has 5 heteroatoms. The number of nitrogens with one attached hydrogen (secondary N) is 1. The molecule has 0 aliphatic carbocycles. The third-order valence-corrected chi connectivity index (χ3v) is 3.83. The van der Waals surface area contributed by atoms with Crippen molar-refractivity contribution in [1.29, 1.82) is 0 Å². The van der Waals surface area contributed by atoms with Gasteiger partial charge in [0, 0.05) is 26.2 Å². The highest BCUT2D eigenvalue weighted by Gasteiger charge is 2.08. The fourth-order valence-electron chi connectivity index (χ4n) is 2.52.